The van der Waals surface area contributed by atoms with E-state index < -0.39 is 5.97 Å². The Morgan fingerprint density at radius 3 is 2.81 bits per heavy atom. The average molecular weight is 240 g/mol. The number of nitrogens with zero attached hydrogens (tertiary/aromatic N) is 2. The molecule has 16 heavy (non-hydrogen) atoms. The molecule has 1 aliphatic rings. The summed E-state index contributed by atoms with van der Waals surface area (Å²) in [6, 6.07) is 0. The molecule has 1 aromatic heterocycles. The Kier molecular flexibility index (Phi) is 3.56. The number of rotatable bonds is 3. The fourth-order valence-corrected chi connectivity index (χ4v) is 2.87. The molecule has 1 aliphatic heterocycles. The number of aromatic nitrogens is 1. The smallest absolute Gasteiger partial charge is 0.306 e. The van der Waals surface area contributed by atoms with Gasteiger partial charge in [0.2, 0.25) is 0 Å². The molecule has 2 heterocycles. The summed E-state index contributed by atoms with van der Waals surface area (Å²) in [5.41, 5.74) is 0. The largest absolute Gasteiger partial charge is 0.481 e. The van der Waals surface area contributed by atoms with E-state index in [1.54, 1.807) is 11.3 Å². The Balaban J connectivity index is 1.83. The highest BCUT2D eigenvalue weighted by Gasteiger charge is 2.24. The zero-order valence-electron chi connectivity index (χ0n) is 9.35. The van der Waals surface area contributed by atoms with E-state index in [0.29, 0.717) is 0 Å². The Morgan fingerprint density at radius 2 is 2.31 bits per heavy atom. The van der Waals surface area contributed by atoms with Crippen LogP contribution in [0, 0.1) is 12.8 Å². The van der Waals surface area contributed by atoms with Crippen LogP contribution in [-0.4, -0.2) is 34.0 Å². The van der Waals surface area contributed by atoms with Crippen molar-refractivity contribution < 1.29 is 9.90 Å². The maximum atomic E-state index is 10.8. The number of thiazole rings is 1. The van der Waals surface area contributed by atoms with E-state index in [1.807, 2.05) is 13.1 Å². The van der Waals surface area contributed by atoms with Crippen LogP contribution in [0.1, 0.15) is 22.7 Å². The topological polar surface area (TPSA) is 53.4 Å². The molecule has 1 aromatic rings. The van der Waals surface area contributed by atoms with Crippen molar-refractivity contribution >= 4 is 17.3 Å². The van der Waals surface area contributed by atoms with Crippen LogP contribution in [0.25, 0.3) is 0 Å². The monoisotopic (exact) mass is 240 g/mol. The minimum Gasteiger partial charge on any atom is -0.481 e. The van der Waals surface area contributed by atoms with Crippen LogP contribution in [-0.2, 0) is 11.3 Å². The molecule has 88 valence electrons. The highest BCUT2D eigenvalue weighted by molar-refractivity contribution is 7.11. The summed E-state index contributed by atoms with van der Waals surface area (Å²) in [5, 5.41) is 9.98. The van der Waals surface area contributed by atoms with E-state index in [2.05, 4.69) is 9.88 Å². The van der Waals surface area contributed by atoms with E-state index in [-0.39, 0.29) is 5.92 Å². The molecule has 4 nitrogen and oxygen atoms in total. The van der Waals surface area contributed by atoms with Crippen LogP contribution < -0.4 is 0 Å². The molecule has 0 amide bonds. The van der Waals surface area contributed by atoms with Gasteiger partial charge in [0.25, 0.3) is 0 Å². The maximum Gasteiger partial charge on any atom is 0.306 e. The predicted molar refractivity (Wildman–Crippen MR) is 62.5 cm³/mol. The van der Waals surface area contributed by atoms with Gasteiger partial charge in [-0.1, -0.05) is 0 Å². The minimum absolute atomic E-state index is 0.139. The molecule has 0 atom stereocenters. The summed E-state index contributed by atoms with van der Waals surface area (Å²) in [5.74, 6) is -0.785. The van der Waals surface area contributed by atoms with E-state index in [0.717, 1.165) is 37.5 Å². The summed E-state index contributed by atoms with van der Waals surface area (Å²) in [6.07, 6.45) is 3.46. The van der Waals surface area contributed by atoms with Crippen LogP contribution in [0.4, 0.5) is 0 Å². The molecule has 2 rings (SSSR count). The van der Waals surface area contributed by atoms with Gasteiger partial charge in [0.15, 0.2) is 0 Å². The number of piperidine rings is 1. The lowest BCUT2D eigenvalue weighted by molar-refractivity contribution is -0.143. The van der Waals surface area contributed by atoms with Gasteiger partial charge in [0.05, 0.1) is 10.9 Å². The molecule has 0 bridgehead atoms. The molecule has 0 spiro atoms. The van der Waals surface area contributed by atoms with Crippen molar-refractivity contribution in [2.45, 2.75) is 26.3 Å². The molecule has 1 fully saturated rings. The van der Waals surface area contributed by atoms with E-state index in [9.17, 15) is 4.79 Å². The number of likely N-dealkylation sites (tertiary alicyclic amines) is 1. The Morgan fingerprint density at radius 1 is 1.62 bits per heavy atom. The second-order valence-electron chi connectivity index (χ2n) is 4.23. The second-order valence-corrected chi connectivity index (χ2v) is 5.55. The second kappa shape index (κ2) is 4.93. The van der Waals surface area contributed by atoms with Gasteiger partial charge in [0, 0.05) is 17.6 Å². The Hall–Kier alpha value is -0.940. The third-order valence-electron chi connectivity index (χ3n) is 2.99. The van der Waals surface area contributed by atoms with Gasteiger partial charge < -0.3 is 5.11 Å². The summed E-state index contributed by atoms with van der Waals surface area (Å²) < 4.78 is 0. The first-order chi connectivity index (χ1) is 7.65. The van der Waals surface area contributed by atoms with Gasteiger partial charge >= 0.3 is 5.97 Å². The Labute approximate surface area is 98.9 Å². The molecule has 0 radical (unpaired) electrons. The van der Waals surface area contributed by atoms with Gasteiger partial charge in [-0.15, -0.1) is 11.3 Å². The first-order valence-electron chi connectivity index (χ1n) is 5.51. The molecule has 1 saturated heterocycles. The van der Waals surface area contributed by atoms with Crippen molar-refractivity contribution in [3.63, 3.8) is 0 Å². The number of hydrogen-bond donors (Lipinski definition) is 1. The van der Waals surface area contributed by atoms with Crippen molar-refractivity contribution in [2.24, 2.45) is 5.92 Å². The normalized spacial score (nSPS) is 18.8. The Bertz CT molecular complexity index is 370. The average Bonchev–Trinajstić information content (AvgIpc) is 2.65. The third-order valence-corrected chi connectivity index (χ3v) is 3.88. The highest BCUT2D eigenvalue weighted by Crippen LogP contribution is 2.21. The van der Waals surface area contributed by atoms with Crippen LogP contribution in [0.5, 0.6) is 0 Å². The van der Waals surface area contributed by atoms with Gasteiger partial charge in [-0.3, -0.25) is 9.69 Å². The summed E-state index contributed by atoms with van der Waals surface area (Å²) in [6.45, 7) is 4.69. The van der Waals surface area contributed by atoms with Crippen LogP contribution in [0.2, 0.25) is 0 Å². The van der Waals surface area contributed by atoms with Gasteiger partial charge in [-0.2, -0.15) is 0 Å². The van der Waals surface area contributed by atoms with Crippen LogP contribution >= 0.6 is 11.3 Å². The van der Waals surface area contributed by atoms with Crippen LogP contribution in [0.3, 0.4) is 0 Å². The van der Waals surface area contributed by atoms with E-state index in [4.69, 9.17) is 5.11 Å². The van der Waals surface area contributed by atoms with Gasteiger partial charge in [0.1, 0.15) is 0 Å². The predicted octanol–water partition coefficient (Wildman–Crippen LogP) is 1.75. The molecule has 0 aliphatic carbocycles. The summed E-state index contributed by atoms with van der Waals surface area (Å²) in [7, 11) is 0. The number of hydrogen-bond acceptors (Lipinski definition) is 4. The lowest BCUT2D eigenvalue weighted by Gasteiger charge is -2.29. The molecule has 0 saturated carbocycles. The fraction of sp³-hybridized carbons (Fsp3) is 0.636. The van der Waals surface area contributed by atoms with Gasteiger partial charge in [-0.25, -0.2) is 4.98 Å². The number of carboxylic acids is 1. The van der Waals surface area contributed by atoms with E-state index in [1.165, 1.54) is 4.88 Å². The lowest BCUT2D eigenvalue weighted by atomic mass is 9.97. The number of carbonyl (C=O) groups is 1. The summed E-state index contributed by atoms with van der Waals surface area (Å²) in [4.78, 5) is 18.6. The zero-order chi connectivity index (χ0) is 11.5. The molecule has 0 unspecified atom stereocenters. The van der Waals surface area contributed by atoms with Crippen molar-refractivity contribution in [1.82, 2.24) is 9.88 Å². The minimum atomic E-state index is -0.645. The van der Waals surface area contributed by atoms with Crippen LogP contribution in [0.15, 0.2) is 6.20 Å². The van der Waals surface area contributed by atoms with Crippen molar-refractivity contribution in [3.8, 4) is 0 Å². The van der Waals surface area contributed by atoms with Crippen molar-refractivity contribution in [1.29, 1.82) is 0 Å². The molecular formula is C11H16N2O2S. The molecular weight excluding hydrogens is 224 g/mol. The quantitative estimate of drug-likeness (QED) is 0.874. The summed E-state index contributed by atoms with van der Waals surface area (Å²) >= 11 is 1.72. The molecule has 5 heteroatoms. The highest BCUT2D eigenvalue weighted by atomic mass is 32.1. The fourth-order valence-electron chi connectivity index (χ4n) is 2.04. The first kappa shape index (κ1) is 11.5. The number of aliphatic carboxylic acids is 1. The SMILES string of the molecule is Cc1ncc(CN2CCC(C(=O)O)CC2)s1. The molecule has 0 aromatic carbocycles. The zero-order valence-corrected chi connectivity index (χ0v) is 10.2. The lowest BCUT2D eigenvalue weighted by Crippen LogP contribution is -2.35. The third kappa shape index (κ3) is 2.80. The van der Waals surface area contributed by atoms with Gasteiger partial charge in [-0.05, 0) is 32.9 Å². The van der Waals surface area contributed by atoms with Crippen molar-refractivity contribution in [2.75, 3.05) is 13.1 Å². The van der Waals surface area contributed by atoms with Crippen molar-refractivity contribution in [3.05, 3.63) is 16.1 Å². The number of carboxylic acid groups (broad SMARTS) is 1. The standard InChI is InChI=1S/C11H16N2O2S/c1-8-12-6-10(16-8)7-13-4-2-9(3-5-13)11(14)15/h6,9H,2-5,7H2,1H3,(H,14,15). The molecule has 1 N–H and O–H groups in total. The number of aryl methyl sites for hydroxylation is 1. The maximum absolute atomic E-state index is 10.8. The van der Waals surface area contributed by atoms with E-state index >= 15 is 0 Å². The first-order valence-corrected chi connectivity index (χ1v) is 6.33.